The molecule has 0 saturated carbocycles. The van der Waals surface area contributed by atoms with Crippen molar-refractivity contribution in [1.82, 2.24) is 0 Å². The van der Waals surface area contributed by atoms with Crippen LogP contribution in [0.15, 0.2) is 253 Å². The molecule has 30 heteroatoms. The molecule has 0 bridgehead atoms. The molecule has 0 N–H and O–H groups in total. The third kappa shape index (κ3) is 23.2. The zero-order chi connectivity index (χ0) is 86.0. The summed E-state index contributed by atoms with van der Waals surface area (Å²) in [5.74, 6) is -5.12. The van der Waals surface area contributed by atoms with E-state index in [1.807, 2.05) is 191 Å². The fourth-order valence-corrected chi connectivity index (χ4v) is 16.0. The minimum atomic E-state index is -1.87. The van der Waals surface area contributed by atoms with Gasteiger partial charge in [-0.2, -0.15) is 0 Å². The summed E-state index contributed by atoms with van der Waals surface area (Å²) in [5.41, 5.74) is 26.3. The van der Waals surface area contributed by atoms with Crippen LogP contribution >= 0.6 is 0 Å². The number of nitrogens with zero attached hydrogens (tertiary/aromatic N) is 6. The smallest absolute Gasteiger partial charge is 0.338 e. The molecule has 5 aliphatic heterocycles. The highest BCUT2D eigenvalue weighted by Gasteiger charge is 2.61. The highest BCUT2D eigenvalue weighted by atomic mass is 16.8. The molecule has 123 heavy (non-hydrogen) atoms. The van der Waals surface area contributed by atoms with Crippen molar-refractivity contribution in [3.05, 3.63) is 308 Å². The summed E-state index contributed by atoms with van der Waals surface area (Å²) in [4.78, 5) is 65.8. The number of rotatable bonds is 38. The average molecular weight is 1690 g/mol. The monoisotopic (exact) mass is 1690 g/mol. The third-order valence-corrected chi connectivity index (χ3v) is 22.4. The lowest BCUT2D eigenvalue weighted by Gasteiger charge is -2.51. The SMILES string of the molecule is CCC1O[C@@H](O[C@H]2C(C(=O)OC)O[C@@H](O[C@H]3C(COC(=O)c4ccccc4)O[C@@H](OC)[C@H](C)C3OCc3ccccc3)C(OC(=O)c3ccccc3)[C@@H]2OCc2ccccc2)[C@H](N=[N+]=[N-])C(C)[C@H]1O[C@@H]1OC(C(=O)OC)[C@H](O[C@@H]2OC(CC)[C@H](OCc3ccccc3)[C@H](OCc3ccccc3)C2N=[N+]=[N-])[C@H](OCc2ccccc2)C1OCc1ccccc1. The van der Waals surface area contributed by atoms with Crippen molar-refractivity contribution in [3.8, 4) is 0 Å². The van der Waals surface area contributed by atoms with Gasteiger partial charge in [-0.1, -0.05) is 256 Å². The van der Waals surface area contributed by atoms with Gasteiger partial charge in [-0.25, -0.2) is 19.2 Å². The van der Waals surface area contributed by atoms with Gasteiger partial charge < -0.3 is 94.7 Å². The van der Waals surface area contributed by atoms with E-state index in [9.17, 15) is 15.9 Å². The second-order valence-corrected chi connectivity index (χ2v) is 30.4. The van der Waals surface area contributed by atoms with Crippen molar-refractivity contribution >= 4 is 23.9 Å². The predicted molar refractivity (Wildman–Crippen MR) is 441 cm³/mol. The normalized spacial score (nSPS) is 30.0. The molecular formula is C93H104N6O24. The van der Waals surface area contributed by atoms with E-state index in [1.54, 1.807) is 79.7 Å². The molecule has 13 rings (SSSR count). The average Bonchev–Trinajstić information content (AvgIpc) is 0.757. The summed E-state index contributed by atoms with van der Waals surface area (Å²) in [7, 11) is 3.80. The fourth-order valence-electron chi connectivity index (χ4n) is 16.0. The third-order valence-electron chi connectivity index (χ3n) is 22.4. The number of ether oxygens (including phenoxy) is 20. The zero-order valence-electron chi connectivity index (χ0n) is 69.4. The molecule has 5 heterocycles. The molecule has 0 amide bonds. The molecule has 650 valence electrons. The Morgan fingerprint density at radius 2 is 0.667 bits per heavy atom. The Labute approximate surface area is 713 Å². The van der Waals surface area contributed by atoms with Gasteiger partial charge in [-0.05, 0) is 87.5 Å². The van der Waals surface area contributed by atoms with Crippen LogP contribution in [-0.2, 0) is 144 Å². The minimum Gasteiger partial charge on any atom is -0.467 e. The number of carbonyl (C=O) groups excluding carboxylic acids is 4. The first-order chi connectivity index (χ1) is 60.2. The summed E-state index contributed by atoms with van der Waals surface area (Å²) < 4.78 is 135. The summed E-state index contributed by atoms with van der Waals surface area (Å²) >= 11 is 0. The van der Waals surface area contributed by atoms with Crippen molar-refractivity contribution in [2.24, 2.45) is 22.1 Å². The van der Waals surface area contributed by atoms with Crippen LogP contribution in [-0.4, -0.2) is 193 Å². The Balaban J connectivity index is 0.862. The molecule has 8 aromatic carbocycles. The number of hydrogen-bond acceptors (Lipinski definition) is 26. The van der Waals surface area contributed by atoms with E-state index < -0.39 is 184 Å². The van der Waals surface area contributed by atoms with Crippen molar-refractivity contribution < 1.29 is 114 Å². The van der Waals surface area contributed by atoms with Crippen LogP contribution in [0.3, 0.4) is 0 Å². The van der Waals surface area contributed by atoms with Crippen LogP contribution in [0.2, 0.25) is 0 Å². The van der Waals surface area contributed by atoms with Crippen LogP contribution in [0.4, 0.5) is 0 Å². The molecule has 30 nitrogen and oxygen atoms in total. The first-order valence-electron chi connectivity index (χ1n) is 41.3. The Hall–Kier alpha value is -10.4. The van der Waals surface area contributed by atoms with E-state index >= 15 is 14.4 Å². The quantitative estimate of drug-likeness (QED) is 0.0114. The predicted octanol–water partition coefficient (Wildman–Crippen LogP) is 14.2. The van der Waals surface area contributed by atoms with Gasteiger partial charge in [0, 0.05) is 22.9 Å². The Bertz CT molecular complexity index is 4680. The standard InChI is InChI=1S/C93H104N6O24/c1-8-67-72(118-92-83(112-55-64-44-28-15-29-45-64)77(110-53-62-40-24-13-25-41-62)79(81(122-92)87(102)104-5)121-91-71(97-99-95)76(109-52-61-38-22-12-23-39-61)74(68(9-2)115-91)108-51-60-36-20-11-21-37-60)57(3)70(96-98-94)90(114-67)120-80-78(111-54-63-42-26-14-27-43-63)84(117-86(101)66-48-32-17-33-49-66)93(123-82(80)88(103)105-6)119-75-69(56-113-85(100)65-46-30-16-31-47-65)116-89(106-7)58(4)73(75)107-50-59-34-18-10-19-35-59/h10-49,57-58,67-84,89-93H,8-9,50-56H2,1-7H3/t57?,58-,67?,68?,69?,70-,71?,72-,73?,74+,75+,76-,77+,78-,79-,80-,81?,82?,83?,84?,89-,90+,91+,92-,93-/m1/s1. The second kappa shape index (κ2) is 45.3. The zero-order valence-corrected chi connectivity index (χ0v) is 69.4. The lowest BCUT2D eigenvalue weighted by molar-refractivity contribution is -0.379. The molecule has 5 aliphatic rings. The Morgan fingerprint density at radius 3 is 1.08 bits per heavy atom. The number of esters is 4. The summed E-state index contributed by atoms with van der Waals surface area (Å²) in [5, 5.41) is 8.73. The van der Waals surface area contributed by atoms with E-state index in [2.05, 4.69) is 20.1 Å². The van der Waals surface area contributed by atoms with Crippen LogP contribution < -0.4 is 0 Å². The first kappa shape index (κ1) is 90.3. The van der Waals surface area contributed by atoms with E-state index in [4.69, 9.17) is 94.7 Å². The van der Waals surface area contributed by atoms with Crippen molar-refractivity contribution in [2.75, 3.05) is 27.9 Å². The van der Waals surface area contributed by atoms with Gasteiger partial charge in [0.25, 0.3) is 0 Å². The van der Waals surface area contributed by atoms with Crippen molar-refractivity contribution in [2.45, 2.75) is 221 Å². The Kier molecular flexibility index (Phi) is 33.3. The highest BCUT2D eigenvalue weighted by molar-refractivity contribution is 5.90. The van der Waals surface area contributed by atoms with Gasteiger partial charge in [0.15, 0.2) is 49.8 Å². The lowest BCUT2D eigenvalue weighted by Crippen LogP contribution is -2.68. The van der Waals surface area contributed by atoms with Crippen molar-refractivity contribution in [1.29, 1.82) is 0 Å². The maximum Gasteiger partial charge on any atom is 0.338 e. The number of benzene rings is 8. The molecule has 5 saturated heterocycles. The van der Waals surface area contributed by atoms with Crippen molar-refractivity contribution in [3.63, 3.8) is 0 Å². The van der Waals surface area contributed by atoms with Crippen LogP contribution in [0.25, 0.3) is 20.9 Å². The molecule has 10 unspecified atom stereocenters. The molecule has 5 fully saturated rings. The van der Waals surface area contributed by atoms with Gasteiger partial charge in [0.1, 0.15) is 67.6 Å². The maximum absolute atomic E-state index is 15.1. The number of methoxy groups -OCH3 is 3. The molecular weight excluding hydrogens is 1590 g/mol. The first-order valence-corrected chi connectivity index (χ1v) is 41.3. The minimum absolute atomic E-state index is 0.0444. The van der Waals surface area contributed by atoms with Crippen LogP contribution in [0, 0.1) is 11.8 Å². The number of carbonyl (C=O) groups is 4. The van der Waals surface area contributed by atoms with Gasteiger partial charge in [-0.3, -0.25) is 0 Å². The summed E-state index contributed by atoms with van der Waals surface area (Å²) in [6.07, 6.45) is -28.4. The summed E-state index contributed by atoms with van der Waals surface area (Å²) in [6, 6.07) is 69.9. The van der Waals surface area contributed by atoms with Gasteiger partial charge in [0.05, 0.1) is 95.4 Å². The van der Waals surface area contributed by atoms with E-state index in [-0.39, 0.29) is 57.2 Å². The fraction of sp³-hybridized carbons (Fsp3) is 0.441. The molecule has 25 atom stereocenters. The largest absolute Gasteiger partial charge is 0.467 e. The van der Waals surface area contributed by atoms with Crippen LogP contribution in [0.5, 0.6) is 0 Å². The van der Waals surface area contributed by atoms with E-state index in [0.29, 0.717) is 17.5 Å². The number of azide groups is 2. The molecule has 0 aromatic heterocycles. The molecule has 8 aromatic rings. The topological polar surface area (TPSA) is 350 Å². The molecule has 0 spiro atoms. The molecule has 0 radical (unpaired) electrons. The Morgan fingerprint density at radius 1 is 0.333 bits per heavy atom. The maximum atomic E-state index is 15.1. The van der Waals surface area contributed by atoms with Gasteiger partial charge in [0.2, 0.25) is 0 Å². The van der Waals surface area contributed by atoms with E-state index in [0.717, 1.165) is 29.4 Å². The number of hydrogen-bond donors (Lipinski definition) is 0. The summed E-state index contributed by atoms with van der Waals surface area (Å²) in [6.45, 7) is 6.74. The second-order valence-electron chi connectivity index (χ2n) is 30.4. The van der Waals surface area contributed by atoms with Crippen LogP contribution in [0.1, 0.15) is 94.6 Å². The van der Waals surface area contributed by atoms with Gasteiger partial charge in [-0.15, -0.1) is 0 Å². The molecule has 0 aliphatic carbocycles. The highest BCUT2D eigenvalue weighted by Crippen LogP contribution is 2.44. The lowest BCUT2D eigenvalue weighted by atomic mass is 9.87. The van der Waals surface area contributed by atoms with Gasteiger partial charge >= 0.3 is 23.9 Å². The van der Waals surface area contributed by atoms with E-state index in [1.165, 1.54) is 14.2 Å².